The van der Waals surface area contributed by atoms with E-state index in [0.29, 0.717) is 42.2 Å². The monoisotopic (exact) mass is 775 g/mol. The lowest BCUT2D eigenvalue weighted by atomic mass is 10.0. The van der Waals surface area contributed by atoms with Crippen LogP contribution in [0.15, 0.2) is 71.9 Å². The topological polar surface area (TPSA) is 187 Å². The zero-order valence-corrected chi connectivity index (χ0v) is 32.8. The van der Waals surface area contributed by atoms with Crippen LogP contribution in [-0.4, -0.2) is 90.9 Å². The first-order chi connectivity index (χ1) is 27.5. The molecule has 7 rings (SSSR count). The second kappa shape index (κ2) is 16.5. The maximum absolute atomic E-state index is 13.8. The van der Waals surface area contributed by atoms with Crippen LogP contribution in [0, 0.1) is 11.8 Å². The number of amides is 4. The maximum Gasteiger partial charge on any atom is 0.407 e. The lowest BCUT2D eigenvalue weighted by molar-refractivity contribution is -0.137. The van der Waals surface area contributed by atoms with Gasteiger partial charge in [0.2, 0.25) is 18.2 Å². The molecule has 4 atom stereocenters. The Morgan fingerprint density at radius 1 is 0.807 bits per heavy atom. The van der Waals surface area contributed by atoms with Gasteiger partial charge in [0, 0.05) is 35.9 Å². The third-order valence-corrected chi connectivity index (χ3v) is 11.1. The molecule has 0 spiro atoms. The van der Waals surface area contributed by atoms with Crippen molar-refractivity contribution in [1.82, 2.24) is 44.9 Å². The largest absolute Gasteiger partial charge is 0.453 e. The molecule has 4 amide bonds. The quantitative estimate of drug-likeness (QED) is 0.124. The molecule has 0 bridgehead atoms. The normalized spacial score (nSPS) is 17.9. The maximum atomic E-state index is 13.8. The molecule has 2 fully saturated rings. The van der Waals surface area contributed by atoms with Crippen LogP contribution >= 0.6 is 0 Å². The number of likely N-dealkylation sites (tertiary alicyclic amines) is 2. The van der Waals surface area contributed by atoms with Gasteiger partial charge in [-0.1, -0.05) is 45.9 Å². The first kappa shape index (κ1) is 39.0. The van der Waals surface area contributed by atoms with Crippen molar-refractivity contribution in [2.75, 3.05) is 20.2 Å². The number of nitrogens with one attached hydrogen (secondary N) is 4. The number of rotatable bonds is 12. The van der Waals surface area contributed by atoms with E-state index in [1.807, 2.05) is 76.2 Å². The fraction of sp³-hybridized carbons (Fsp3) is 0.405. The number of hydrogen-bond acceptors (Lipinski definition) is 8. The minimum Gasteiger partial charge on any atom is -0.453 e. The van der Waals surface area contributed by atoms with Gasteiger partial charge in [-0.15, -0.1) is 0 Å². The summed E-state index contributed by atoms with van der Waals surface area (Å²) in [6.45, 7) is 8.75. The van der Waals surface area contributed by atoms with Crippen molar-refractivity contribution < 1.29 is 23.9 Å². The zero-order chi connectivity index (χ0) is 40.4. The number of benzene rings is 2. The van der Waals surface area contributed by atoms with Crippen molar-refractivity contribution in [2.45, 2.75) is 77.5 Å². The Labute approximate surface area is 330 Å². The fourth-order valence-electron chi connectivity index (χ4n) is 8.03. The van der Waals surface area contributed by atoms with Crippen molar-refractivity contribution in [1.29, 1.82) is 0 Å². The highest BCUT2D eigenvalue weighted by molar-refractivity contribution is 5.87. The average Bonchev–Trinajstić information content (AvgIpc) is 4.05. The Kier molecular flexibility index (Phi) is 11.3. The lowest BCUT2D eigenvalue weighted by Gasteiger charge is -2.30. The van der Waals surface area contributed by atoms with Gasteiger partial charge in [0.1, 0.15) is 23.7 Å². The SMILES string of the molecule is COC(=O)N[C@H](C(=O)N1CCC[C@H]1c1ncc(-c2ccc(-n3ccc4cc(-c5cnc([C@@H]6CCCN6C(=O)[C@@H](NC=O)C(C)C)[nH]5)ccc4c3=O)cc2)[nH]1)C(C)C. The number of carbonyl (C=O) groups excluding carboxylic acids is 4. The van der Waals surface area contributed by atoms with Crippen LogP contribution in [0.3, 0.4) is 0 Å². The zero-order valence-electron chi connectivity index (χ0n) is 32.8. The van der Waals surface area contributed by atoms with Crippen LogP contribution < -0.4 is 16.2 Å². The predicted octanol–water partition coefficient (Wildman–Crippen LogP) is 5.25. The number of alkyl carbamates (subject to hydrolysis) is 1. The van der Waals surface area contributed by atoms with Gasteiger partial charge in [-0.25, -0.2) is 14.8 Å². The number of hydrogen-bond donors (Lipinski definition) is 4. The molecule has 5 heterocycles. The summed E-state index contributed by atoms with van der Waals surface area (Å²) in [7, 11) is 1.28. The molecular weight excluding hydrogens is 727 g/mol. The Hall–Kier alpha value is -6.25. The molecule has 0 unspecified atom stereocenters. The van der Waals surface area contributed by atoms with Gasteiger partial charge in [-0.05, 0) is 78.8 Å². The Balaban J connectivity index is 1.05. The summed E-state index contributed by atoms with van der Waals surface area (Å²) in [6, 6.07) is 13.4. The van der Waals surface area contributed by atoms with Crippen molar-refractivity contribution in [2.24, 2.45) is 11.8 Å². The van der Waals surface area contributed by atoms with Crippen LogP contribution in [0.5, 0.6) is 0 Å². The Bertz CT molecular complexity index is 2330. The van der Waals surface area contributed by atoms with E-state index in [2.05, 4.69) is 30.6 Å². The number of carbonyl (C=O) groups is 4. The average molecular weight is 776 g/mol. The summed E-state index contributed by atoms with van der Waals surface area (Å²) in [5.41, 5.74) is 3.85. The molecule has 3 aromatic heterocycles. The van der Waals surface area contributed by atoms with E-state index in [4.69, 9.17) is 4.74 Å². The summed E-state index contributed by atoms with van der Waals surface area (Å²) < 4.78 is 6.36. The summed E-state index contributed by atoms with van der Waals surface area (Å²) >= 11 is 0. The van der Waals surface area contributed by atoms with Gasteiger partial charge in [-0.2, -0.15) is 0 Å². The molecule has 5 aromatic rings. The summed E-state index contributed by atoms with van der Waals surface area (Å²) in [5, 5.41) is 6.70. The van der Waals surface area contributed by atoms with Crippen molar-refractivity contribution in [3.63, 3.8) is 0 Å². The van der Waals surface area contributed by atoms with Gasteiger partial charge >= 0.3 is 6.09 Å². The minimum atomic E-state index is -0.713. The molecule has 15 nitrogen and oxygen atoms in total. The summed E-state index contributed by atoms with van der Waals surface area (Å²) in [4.78, 5) is 83.5. The van der Waals surface area contributed by atoms with E-state index < -0.39 is 18.2 Å². The van der Waals surface area contributed by atoms with E-state index in [1.54, 1.807) is 33.0 Å². The number of ether oxygens (including phenoxy) is 1. The number of H-pyrrole nitrogens is 2. The minimum absolute atomic E-state index is 0.0493. The highest BCUT2D eigenvalue weighted by Gasteiger charge is 2.38. The number of aromatic nitrogens is 5. The highest BCUT2D eigenvalue weighted by atomic mass is 16.5. The van der Waals surface area contributed by atoms with Gasteiger partial charge in [0.15, 0.2) is 0 Å². The first-order valence-electron chi connectivity index (χ1n) is 19.5. The molecule has 298 valence electrons. The number of fused-ring (bicyclic) bond motifs is 1. The Morgan fingerprint density at radius 3 is 1.93 bits per heavy atom. The smallest absolute Gasteiger partial charge is 0.407 e. The molecule has 2 aliphatic rings. The van der Waals surface area contributed by atoms with Crippen LogP contribution in [0.25, 0.3) is 39.0 Å². The molecule has 2 saturated heterocycles. The van der Waals surface area contributed by atoms with Crippen LogP contribution in [-0.2, 0) is 19.1 Å². The number of imidazole rings is 2. The molecule has 0 saturated carbocycles. The van der Waals surface area contributed by atoms with Crippen LogP contribution in [0.2, 0.25) is 0 Å². The summed E-state index contributed by atoms with van der Waals surface area (Å²) in [6.07, 6.45) is 8.39. The van der Waals surface area contributed by atoms with Crippen LogP contribution in [0.4, 0.5) is 4.79 Å². The molecule has 2 aliphatic heterocycles. The third kappa shape index (κ3) is 7.78. The van der Waals surface area contributed by atoms with E-state index in [9.17, 15) is 24.0 Å². The fourth-order valence-corrected chi connectivity index (χ4v) is 8.03. The predicted molar refractivity (Wildman–Crippen MR) is 214 cm³/mol. The van der Waals surface area contributed by atoms with E-state index in [1.165, 1.54) is 7.11 Å². The van der Waals surface area contributed by atoms with Crippen molar-refractivity contribution in [3.05, 3.63) is 89.1 Å². The molecular formula is C42H49N9O6. The number of methoxy groups -OCH3 is 1. The van der Waals surface area contributed by atoms with Crippen molar-refractivity contribution in [3.8, 4) is 28.2 Å². The second-order valence-electron chi connectivity index (χ2n) is 15.4. The van der Waals surface area contributed by atoms with E-state index in [0.717, 1.165) is 53.6 Å². The van der Waals surface area contributed by atoms with E-state index in [-0.39, 0.29) is 41.3 Å². The summed E-state index contributed by atoms with van der Waals surface area (Å²) in [5.74, 6) is 0.911. The molecule has 4 N–H and O–H groups in total. The highest BCUT2D eigenvalue weighted by Crippen LogP contribution is 2.34. The number of nitrogens with zero attached hydrogens (tertiary/aromatic N) is 5. The Morgan fingerprint density at radius 2 is 1.37 bits per heavy atom. The van der Waals surface area contributed by atoms with Gasteiger partial charge in [0.05, 0.1) is 43.0 Å². The molecule has 57 heavy (non-hydrogen) atoms. The van der Waals surface area contributed by atoms with E-state index >= 15 is 0 Å². The van der Waals surface area contributed by atoms with Gasteiger partial charge in [0.25, 0.3) is 5.56 Å². The molecule has 15 heteroatoms. The number of pyridine rings is 1. The number of aromatic amines is 2. The third-order valence-electron chi connectivity index (χ3n) is 11.1. The van der Waals surface area contributed by atoms with Gasteiger partial charge < -0.3 is 35.1 Å². The van der Waals surface area contributed by atoms with Crippen LogP contribution in [0.1, 0.15) is 77.1 Å². The molecule has 0 aliphatic carbocycles. The molecule has 0 radical (unpaired) electrons. The second-order valence-corrected chi connectivity index (χ2v) is 15.4. The molecule has 2 aromatic carbocycles. The standard InChI is InChI=1S/C42H49N9O6/c1-24(2)35(45-23-52)40(54)50-17-6-8-33(50)38-44-22-32(47-38)28-12-15-30-27(20-28)16-19-49(39(30)53)29-13-10-26(11-14-29)31-21-43-37(46-31)34-9-7-18-51(34)41(55)36(25(3)4)48-42(56)57-5/h10-16,19-25,33-36H,6-9,17-18H2,1-5H3,(H,43,46)(H,44,47)(H,45,52)(H,48,56)/t33-,34-,35-,36-/m0/s1. The lowest BCUT2D eigenvalue weighted by Crippen LogP contribution is -2.51. The van der Waals surface area contributed by atoms with Gasteiger partial charge in [-0.3, -0.25) is 23.7 Å². The first-order valence-corrected chi connectivity index (χ1v) is 19.5. The van der Waals surface area contributed by atoms with Crippen molar-refractivity contribution >= 4 is 35.1 Å².